The van der Waals surface area contributed by atoms with Gasteiger partial charge in [-0.05, 0) is 30.3 Å². The molecule has 0 radical (unpaired) electrons. The molecule has 0 heterocycles. The zero-order valence-corrected chi connectivity index (χ0v) is 14.3. The van der Waals surface area contributed by atoms with E-state index in [0.717, 1.165) is 17.0 Å². The molecule has 0 aliphatic carbocycles. The van der Waals surface area contributed by atoms with Crippen LogP contribution in [0.15, 0.2) is 48.5 Å². The summed E-state index contributed by atoms with van der Waals surface area (Å²) < 4.78 is 77.3. The van der Waals surface area contributed by atoms with E-state index in [9.17, 15) is 36.2 Å². The van der Waals surface area contributed by atoms with Crippen LogP contribution in [-0.2, 0) is 5.60 Å². The fourth-order valence-electron chi connectivity index (χ4n) is 2.35. The number of benzene rings is 2. The summed E-state index contributed by atoms with van der Waals surface area (Å²) in [5.41, 5.74) is -6.23. The number of alkyl halides is 6. The molecule has 27 heavy (non-hydrogen) atoms. The second-order valence-electron chi connectivity index (χ2n) is 5.63. The molecule has 0 aromatic heterocycles. The van der Waals surface area contributed by atoms with Gasteiger partial charge in [0.25, 0.3) is 11.5 Å². The number of nitrogens with zero attached hydrogens (tertiary/aromatic N) is 1. The normalized spacial score (nSPS) is 12.8. The highest BCUT2D eigenvalue weighted by molar-refractivity contribution is 6.31. The van der Waals surface area contributed by atoms with Crippen molar-refractivity contribution in [2.45, 2.75) is 18.0 Å². The zero-order valence-electron chi connectivity index (χ0n) is 13.6. The Kier molecular flexibility index (Phi) is 5.49. The van der Waals surface area contributed by atoms with Crippen LogP contribution in [-0.4, -0.2) is 30.4 Å². The van der Waals surface area contributed by atoms with Crippen molar-refractivity contribution in [3.05, 3.63) is 64.7 Å². The molecule has 0 spiro atoms. The highest BCUT2D eigenvalue weighted by Crippen LogP contribution is 2.50. The monoisotopic (exact) mass is 411 g/mol. The van der Waals surface area contributed by atoms with Crippen molar-refractivity contribution in [3.8, 4) is 0 Å². The maximum absolute atomic E-state index is 12.9. The van der Waals surface area contributed by atoms with E-state index in [-0.39, 0.29) is 16.3 Å². The topological polar surface area (TPSA) is 40.5 Å². The largest absolute Gasteiger partial charge is 0.430 e. The molecule has 2 aromatic rings. The molecule has 0 aliphatic heterocycles. The average molecular weight is 412 g/mol. The van der Waals surface area contributed by atoms with Crippen LogP contribution in [0.1, 0.15) is 15.9 Å². The van der Waals surface area contributed by atoms with Crippen molar-refractivity contribution < 1.29 is 36.2 Å². The van der Waals surface area contributed by atoms with Gasteiger partial charge in [-0.1, -0.05) is 29.8 Å². The molecule has 0 fully saturated rings. The van der Waals surface area contributed by atoms with Crippen molar-refractivity contribution in [2.24, 2.45) is 0 Å². The summed E-state index contributed by atoms with van der Waals surface area (Å²) in [6.45, 7) is 0. The van der Waals surface area contributed by atoms with E-state index in [0.29, 0.717) is 12.1 Å². The predicted octanol–water partition coefficient (Wildman–Crippen LogP) is 4.93. The van der Waals surface area contributed by atoms with Gasteiger partial charge in [0.1, 0.15) is 0 Å². The first-order valence-corrected chi connectivity index (χ1v) is 7.67. The van der Waals surface area contributed by atoms with Crippen molar-refractivity contribution >= 4 is 23.2 Å². The number of amides is 1. The van der Waals surface area contributed by atoms with Crippen LogP contribution >= 0.6 is 11.6 Å². The summed E-state index contributed by atoms with van der Waals surface area (Å²) in [6.07, 6.45) is -12.0. The molecule has 2 rings (SSSR count). The SMILES string of the molecule is CN(C(=O)c1cccc(Cl)c1)c1ccc(C(O)(C(F)(F)F)C(F)(F)F)cc1. The van der Waals surface area contributed by atoms with Gasteiger partial charge in [0.2, 0.25) is 0 Å². The number of aliphatic hydroxyl groups is 1. The lowest BCUT2D eigenvalue weighted by Crippen LogP contribution is -2.53. The van der Waals surface area contributed by atoms with Crippen LogP contribution in [0.4, 0.5) is 32.0 Å². The maximum atomic E-state index is 12.9. The number of carbonyl (C=O) groups excluding carboxylic acids is 1. The van der Waals surface area contributed by atoms with Gasteiger partial charge in [-0.25, -0.2) is 0 Å². The van der Waals surface area contributed by atoms with Gasteiger partial charge >= 0.3 is 12.4 Å². The molecule has 0 bridgehead atoms. The van der Waals surface area contributed by atoms with E-state index >= 15 is 0 Å². The second-order valence-corrected chi connectivity index (χ2v) is 6.06. The number of hydrogen-bond donors (Lipinski definition) is 1. The third-order valence-electron chi connectivity index (χ3n) is 3.87. The summed E-state index contributed by atoms with van der Waals surface area (Å²) in [4.78, 5) is 13.4. The molecule has 0 saturated heterocycles. The molecule has 0 saturated carbocycles. The lowest BCUT2D eigenvalue weighted by Gasteiger charge is -2.32. The molecule has 2 aromatic carbocycles. The van der Waals surface area contributed by atoms with Crippen LogP contribution in [0.5, 0.6) is 0 Å². The van der Waals surface area contributed by atoms with Crippen LogP contribution < -0.4 is 4.90 Å². The van der Waals surface area contributed by atoms with Crippen molar-refractivity contribution in [1.29, 1.82) is 0 Å². The Morgan fingerprint density at radius 2 is 1.48 bits per heavy atom. The van der Waals surface area contributed by atoms with Gasteiger partial charge in [0.05, 0.1) is 0 Å². The van der Waals surface area contributed by atoms with Gasteiger partial charge in [-0.15, -0.1) is 0 Å². The first kappa shape index (κ1) is 21.0. The third-order valence-corrected chi connectivity index (χ3v) is 4.10. The first-order chi connectivity index (χ1) is 12.3. The molecule has 0 unspecified atom stereocenters. The minimum Gasteiger partial charge on any atom is -0.369 e. The highest BCUT2D eigenvalue weighted by Gasteiger charge is 2.71. The Morgan fingerprint density at radius 3 is 1.93 bits per heavy atom. The van der Waals surface area contributed by atoms with Gasteiger partial charge < -0.3 is 10.0 Å². The Hall–Kier alpha value is -2.26. The molecule has 0 atom stereocenters. The Balaban J connectivity index is 2.37. The average Bonchev–Trinajstić information content (AvgIpc) is 2.58. The zero-order chi connectivity index (χ0) is 20.6. The van der Waals surface area contributed by atoms with E-state index in [1.54, 1.807) is 0 Å². The predicted molar refractivity (Wildman–Crippen MR) is 86.6 cm³/mol. The van der Waals surface area contributed by atoms with Gasteiger partial charge in [-0.2, -0.15) is 26.3 Å². The summed E-state index contributed by atoms with van der Waals surface area (Å²) in [5.74, 6) is -0.577. The van der Waals surface area contributed by atoms with Gasteiger partial charge in [0.15, 0.2) is 0 Å². The van der Waals surface area contributed by atoms with Gasteiger partial charge in [-0.3, -0.25) is 4.79 Å². The number of rotatable bonds is 3. The van der Waals surface area contributed by atoms with E-state index in [1.165, 1.54) is 31.3 Å². The molecule has 10 heteroatoms. The van der Waals surface area contributed by atoms with Crippen LogP contribution in [0.25, 0.3) is 0 Å². The second kappa shape index (κ2) is 7.05. The van der Waals surface area contributed by atoms with E-state index in [1.807, 2.05) is 0 Å². The number of hydrogen-bond acceptors (Lipinski definition) is 2. The van der Waals surface area contributed by atoms with Crippen LogP contribution in [0.3, 0.4) is 0 Å². The summed E-state index contributed by atoms with van der Waals surface area (Å²) >= 11 is 5.78. The third kappa shape index (κ3) is 3.89. The molecule has 1 amide bonds. The fourth-order valence-corrected chi connectivity index (χ4v) is 2.54. The Morgan fingerprint density at radius 1 is 0.963 bits per heavy atom. The molecule has 1 N–H and O–H groups in total. The van der Waals surface area contributed by atoms with Crippen LogP contribution in [0, 0.1) is 0 Å². The van der Waals surface area contributed by atoms with Gasteiger partial charge in [0, 0.05) is 28.9 Å². The summed E-state index contributed by atoms with van der Waals surface area (Å²) in [6, 6.07) is 8.55. The molecule has 3 nitrogen and oxygen atoms in total. The summed E-state index contributed by atoms with van der Waals surface area (Å²) in [7, 11) is 1.29. The van der Waals surface area contributed by atoms with Crippen LogP contribution in [0.2, 0.25) is 5.02 Å². The molecular formula is C17H12ClF6NO2. The maximum Gasteiger partial charge on any atom is 0.430 e. The first-order valence-electron chi connectivity index (χ1n) is 7.29. The molecule has 0 aliphatic rings. The number of anilines is 1. The number of halogens is 7. The van der Waals surface area contributed by atoms with Crippen molar-refractivity contribution in [3.63, 3.8) is 0 Å². The smallest absolute Gasteiger partial charge is 0.369 e. The quantitative estimate of drug-likeness (QED) is 0.728. The lowest BCUT2D eigenvalue weighted by atomic mass is 9.92. The minimum absolute atomic E-state index is 0.0235. The molecular weight excluding hydrogens is 400 g/mol. The van der Waals surface area contributed by atoms with Crippen molar-refractivity contribution in [1.82, 2.24) is 0 Å². The minimum atomic E-state index is -5.98. The lowest BCUT2D eigenvalue weighted by molar-refractivity contribution is -0.376. The van der Waals surface area contributed by atoms with Crippen molar-refractivity contribution in [2.75, 3.05) is 11.9 Å². The summed E-state index contributed by atoms with van der Waals surface area (Å²) in [5, 5.41) is 9.64. The number of carbonyl (C=O) groups is 1. The highest BCUT2D eigenvalue weighted by atomic mass is 35.5. The Bertz CT molecular complexity index is 819. The van der Waals surface area contributed by atoms with E-state index in [2.05, 4.69) is 0 Å². The van der Waals surface area contributed by atoms with E-state index in [4.69, 9.17) is 11.6 Å². The standard InChI is InChI=1S/C17H12ClF6NO2/c1-25(14(26)10-3-2-4-12(18)9-10)13-7-5-11(6-8-13)15(27,16(19,20)21)17(22,23)24/h2-9,27H,1H3. The fraction of sp³-hybridized carbons (Fsp3) is 0.235. The molecule has 146 valence electrons. The van der Waals surface area contributed by atoms with E-state index < -0.39 is 29.4 Å². The Labute approximate surface area is 154 Å².